The fourth-order valence-electron chi connectivity index (χ4n) is 1.76. The SMILES string of the molecule is COc1ccc(O)c(C(=O)N(C)C(C)C(C)(C)C)c1. The van der Waals surface area contributed by atoms with Crippen LogP contribution in [0.25, 0.3) is 0 Å². The number of carbonyl (C=O) groups is 1. The van der Waals surface area contributed by atoms with Crippen LogP contribution in [0.15, 0.2) is 18.2 Å². The van der Waals surface area contributed by atoms with Gasteiger partial charge >= 0.3 is 0 Å². The van der Waals surface area contributed by atoms with Crippen LogP contribution in [-0.2, 0) is 0 Å². The summed E-state index contributed by atoms with van der Waals surface area (Å²) in [6.45, 7) is 8.22. The van der Waals surface area contributed by atoms with E-state index in [1.807, 2.05) is 6.92 Å². The standard InChI is InChI=1S/C15H23NO3/c1-10(15(2,3)4)16(5)14(18)12-9-11(19-6)7-8-13(12)17/h7-10,17H,1-6H3. The van der Waals surface area contributed by atoms with Gasteiger partial charge in [-0.15, -0.1) is 0 Å². The van der Waals surface area contributed by atoms with Crippen LogP contribution in [0, 0.1) is 5.41 Å². The van der Waals surface area contributed by atoms with Crippen LogP contribution in [0.3, 0.4) is 0 Å². The van der Waals surface area contributed by atoms with Crippen LogP contribution < -0.4 is 4.74 Å². The topological polar surface area (TPSA) is 49.8 Å². The summed E-state index contributed by atoms with van der Waals surface area (Å²) >= 11 is 0. The Labute approximate surface area is 115 Å². The van der Waals surface area contributed by atoms with E-state index in [4.69, 9.17) is 4.74 Å². The van der Waals surface area contributed by atoms with E-state index >= 15 is 0 Å². The average Bonchev–Trinajstić information content (AvgIpc) is 2.35. The summed E-state index contributed by atoms with van der Waals surface area (Å²) in [5.41, 5.74) is 0.233. The highest BCUT2D eigenvalue weighted by molar-refractivity contribution is 5.97. The van der Waals surface area contributed by atoms with Gasteiger partial charge in [0.15, 0.2) is 0 Å². The van der Waals surface area contributed by atoms with Crippen molar-refractivity contribution in [2.75, 3.05) is 14.2 Å². The summed E-state index contributed by atoms with van der Waals surface area (Å²) in [6.07, 6.45) is 0. The second-order valence-corrected chi connectivity index (χ2v) is 5.84. The third-order valence-corrected chi connectivity index (χ3v) is 3.59. The Bertz CT molecular complexity index is 463. The van der Waals surface area contributed by atoms with Crippen molar-refractivity contribution >= 4 is 5.91 Å². The summed E-state index contributed by atoms with van der Waals surface area (Å²) in [4.78, 5) is 14.1. The monoisotopic (exact) mass is 265 g/mol. The van der Waals surface area contributed by atoms with Crippen molar-refractivity contribution in [3.8, 4) is 11.5 Å². The number of amides is 1. The molecule has 0 radical (unpaired) electrons. The first-order chi connectivity index (χ1) is 8.68. The maximum atomic E-state index is 12.4. The highest BCUT2D eigenvalue weighted by Crippen LogP contribution is 2.28. The van der Waals surface area contributed by atoms with Gasteiger partial charge in [-0.05, 0) is 30.5 Å². The number of benzene rings is 1. The van der Waals surface area contributed by atoms with Gasteiger partial charge in [-0.25, -0.2) is 0 Å². The van der Waals surface area contributed by atoms with Crippen molar-refractivity contribution in [2.24, 2.45) is 5.41 Å². The van der Waals surface area contributed by atoms with E-state index in [-0.39, 0.29) is 28.7 Å². The van der Waals surface area contributed by atoms with E-state index in [1.54, 1.807) is 24.1 Å². The lowest BCUT2D eigenvalue weighted by molar-refractivity contribution is 0.0626. The zero-order chi connectivity index (χ0) is 14.8. The molecule has 0 saturated carbocycles. The van der Waals surface area contributed by atoms with Crippen LogP contribution in [0.5, 0.6) is 11.5 Å². The molecule has 0 aliphatic heterocycles. The molecule has 1 rings (SSSR count). The van der Waals surface area contributed by atoms with Crippen molar-refractivity contribution < 1.29 is 14.6 Å². The summed E-state index contributed by atoms with van der Waals surface area (Å²) < 4.78 is 5.09. The molecule has 0 heterocycles. The average molecular weight is 265 g/mol. The number of hydrogen-bond acceptors (Lipinski definition) is 3. The summed E-state index contributed by atoms with van der Waals surface area (Å²) in [5.74, 6) is 0.315. The lowest BCUT2D eigenvalue weighted by Crippen LogP contribution is -2.43. The van der Waals surface area contributed by atoms with Gasteiger partial charge in [0.25, 0.3) is 5.91 Å². The molecule has 1 aromatic carbocycles. The number of phenolic OH excluding ortho intramolecular Hbond substituents is 1. The van der Waals surface area contributed by atoms with Crippen molar-refractivity contribution in [2.45, 2.75) is 33.7 Å². The molecule has 0 aliphatic rings. The quantitative estimate of drug-likeness (QED) is 0.914. The Morgan fingerprint density at radius 3 is 2.42 bits per heavy atom. The molecule has 0 aromatic heterocycles. The number of aromatic hydroxyl groups is 1. The van der Waals surface area contributed by atoms with E-state index in [0.717, 1.165) is 0 Å². The van der Waals surface area contributed by atoms with Gasteiger partial charge in [-0.3, -0.25) is 4.79 Å². The summed E-state index contributed by atoms with van der Waals surface area (Å²) in [5, 5.41) is 9.83. The van der Waals surface area contributed by atoms with Gasteiger partial charge in [0.1, 0.15) is 11.5 Å². The fraction of sp³-hybridized carbons (Fsp3) is 0.533. The van der Waals surface area contributed by atoms with Crippen LogP contribution in [-0.4, -0.2) is 36.1 Å². The minimum atomic E-state index is -0.209. The van der Waals surface area contributed by atoms with Crippen molar-refractivity contribution in [3.05, 3.63) is 23.8 Å². The Hall–Kier alpha value is -1.71. The molecule has 0 fully saturated rings. The normalized spacial score (nSPS) is 12.9. The number of hydrogen-bond donors (Lipinski definition) is 1. The third kappa shape index (κ3) is 3.40. The van der Waals surface area contributed by atoms with Crippen molar-refractivity contribution in [3.63, 3.8) is 0 Å². The molecule has 1 atom stereocenters. The first-order valence-corrected chi connectivity index (χ1v) is 6.32. The van der Waals surface area contributed by atoms with Crippen LogP contribution in [0.2, 0.25) is 0 Å². The highest BCUT2D eigenvalue weighted by Gasteiger charge is 2.28. The van der Waals surface area contributed by atoms with Gasteiger partial charge in [-0.1, -0.05) is 20.8 Å². The third-order valence-electron chi connectivity index (χ3n) is 3.59. The van der Waals surface area contributed by atoms with Crippen LogP contribution in [0.1, 0.15) is 38.1 Å². The second kappa shape index (κ2) is 5.51. The summed E-state index contributed by atoms with van der Waals surface area (Å²) in [7, 11) is 3.28. The lowest BCUT2D eigenvalue weighted by Gasteiger charge is -2.35. The predicted octanol–water partition coefficient (Wildman–Crippen LogP) is 2.91. The molecule has 4 nitrogen and oxygen atoms in total. The minimum absolute atomic E-state index is 0.0289. The zero-order valence-electron chi connectivity index (χ0n) is 12.5. The Kier molecular flexibility index (Phi) is 4.45. The number of phenols is 1. The first-order valence-electron chi connectivity index (χ1n) is 6.32. The van der Waals surface area contributed by atoms with Gasteiger partial charge in [0.05, 0.1) is 12.7 Å². The zero-order valence-corrected chi connectivity index (χ0v) is 12.5. The van der Waals surface area contributed by atoms with Crippen LogP contribution in [0.4, 0.5) is 0 Å². The number of rotatable bonds is 3. The highest BCUT2D eigenvalue weighted by atomic mass is 16.5. The van der Waals surface area contributed by atoms with Crippen molar-refractivity contribution in [1.82, 2.24) is 4.90 Å². The first kappa shape index (κ1) is 15.3. The maximum absolute atomic E-state index is 12.4. The van der Waals surface area contributed by atoms with E-state index in [9.17, 15) is 9.90 Å². The molecule has 4 heteroatoms. The number of ether oxygens (including phenoxy) is 1. The van der Waals surface area contributed by atoms with Crippen molar-refractivity contribution in [1.29, 1.82) is 0 Å². The maximum Gasteiger partial charge on any atom is 0.257 e. The smallest absolute Gasteiger partial charge is 0.257 e. The van der Waals surface area contributed by atoms with Crippen LogP contribution >= 0.6 is 0 Å². The molecule has 0 saturated heterocycles. The van der Waals surface area contributed by atoms with E-state index < -0.39 is 0 Å². The van der Waals surface area contributed by atoms with Gasteiger partial charge in [0.2, 0.25) is 0 Å². The molecule has 1 unspecified atom stereocenters. The Balaban J connectivity index is 3.06. The molecule has 0 bridgehead atoms. The minimum Gasteiger partial charge on any atom is -0.507 e. The van der Waals surface area contributed by atoms with Gasteiger partial charge in [-0.2, -0.15) is 0 Å². The number of methoxy groups -OCH3 is 1. The van der Waals surface area contributed by atoms with Gasteiger partial charge < -0.3 is 14.7 Å². The molecule has 1 N–H and O–H groups in total. The molecular weight excluding hydrogens is 242 g/mol. The molecular formula is C15H23NO3. The van der Waals surface area contributed by atoms with E-state index in [0.29, 0.717) is 5.75 Å². The summed E-state index contributed by atoms with van der Waals surface area (Å²) in [6, 6.07) is 4.70. The largest absolute Gasteiger partial charge is 0.507 e. The molecule has 0 aliphatic carbocycles. The number of carbonyl (C=O) groups excluding carboxylic acids is 1. The predicted molar refractivity (Wildman–Crippen MR) is 75.7 cm³/mol. The lowest BCUT2D eigenvalue weighted by atomic mass is 9.87. The van der Waals surface area contributed by atoms with E-state index in [2.05, 4.69) is 20.8 Å². The Morgan fingerprint density at radius 1 is 1.37 bits per heavy atom. The molecule has 1 aromatic rings. The molecule has 106 valence electrons. The number of nitrogens with zero attached hydrogens (tertiary/aromatic N) is 1. The second-order valence-electron chi connectivity index (χ2n) is 5.84. The fourth-order valence-corrected chi connectivity index (χ4v) is 1.76. The molecule has 1 amide bonds. The van der Waals surface area contributed by atoms with E-state index in [1.165, 1.54) is 13.2 Å². The van der Waals surface area contributed by atoms with Gasteiger partial charge in [0, 0.05) is 13.1 Å². The Morgan fingerprint density at radius 2 is 1.95 bits per heavy atom. The molecule has 19 heavy (non-hydrogen) atoms. The molecule has 0 spiro atoms.